The summed E-state index contributed by atoms with van der Waals surface area (Å²) in [5, 5.41) is 8.63. The lowest BCUT2D eigenvalue weighted by atomic mass is 10.00. The van der Waals surface area contributed by atoms with Crippen LogP contribution in [0.4, 0.5) is 0 Å². The second kappa shape index (κ2) is 6.34. The van der Waals surface area contributed by atoms with E-state index in [-0.39, 0.29) is 18.0 Å². The minimum Gasteiger partial charge on any atom is -0.355 e. The molecule has 1 aliphatic rings. The van der Waals surface area contributed by atoms with Crippen molar-refractivity contribution in [1.82, 2.24) is 10.6 Å². The van der Waals surface area contributed by atoms with Crippen molar-refractivity contribution in [2.24, 2.45) is 5.92 Å². The summed E-state index contributed by atoms with van der Waals surface area (Å²) in [4.78, 5) is 13.3. The average Bonchev–Trinajstić information content (AvgIpc) is 2.78. The van der Waals surface area contributed by atoms with Gasteiger partial charge in [-0.3, -0.25) is 10.1 Å². The Morgan fingerprint density at radius 3 is 2.94 bits per heavy atom. The van der Waals surface area contributed by atoms with E-state index < -0.39 is 0 Å². The Kier molecular flexibility index (Phi) is 4.78. The van der Waals surface area contributed by atoms with Crippen molar-refractivity contribution in [3.05, 3.63) is 22.4 Å². The van der Waals surface area contributed by atoms with Gasteiger partial charge in [-0.1, -0.05) is 19.9 Å². The molecule has 1 fully saturated rings. The van der Waals surface area contributed by atoms with Crippen molar-refractivity contribution in [3.8, 4) is 0 Å². The van der Waals surface area contributed by atoms with Crippen molar-refractivity contribution in [2.75, 3.05) is 6.54 Å². The molecular formula is C14H22N2OS. The van der Waals surface area contributed by atoms with Crippen LogP contribution in [0.15, 0.2) is 17.5 Å². The van der Waals surface area contributed by atoms with Crippen molar-refractivity contribution in [2.45, 2.75) is 45.2 Å². The van der Waals surface area contributed by atoms with Crippen LogP contribution in [0.2, 0.25) is 0 Å². The second-order valence-electron chi connectivity index (χ2n) is 5.24. The zero-order valence-corrected chi connectivity index (χ0v) is 11.9. The highest BCUT2D eigenvalue weighted by Gasteiger charge is 2.26. The van der Waals surface area contributed by atoms with E-state index in [1.807, 2.05) is 0 Å². The van der Waals surface area contributed by atoms with Crippen molar-refractivity contribution in [3.63, 3.8) is 0 Å². The highest BCUT2D eigenvalue weighted by molar-refractivity contribution is 7.10. The van der Waals surface area contributed by atoms with Gasteiger partial charge in [-0.2, -0.15) is 0 Å². The molecule has 1 aliphatic heterocycles. The van der Waals surface area contributed by atoms with Crippen LogP contribution in [-0.4, -0.2) is 18.5 Å². The van der Waals surface area contributed by atoms with Crippen LogP contribution in [0.25, 0.3) is 0 Å². The lowest BCUT2D eigenvalue weighted by molar-refractivity contribution is -0.123. The first-order valence-electron chi connectivity index (χ1n) is 6.75. The Morgan fingerprint density at radius 2 is 2.28 bits per heavy atom. The molecule has 2 atom stereocenters. The maximum atomic E-state index is 12.0. The van der Waals surface area contributed by atoms with Crippen LogP contribution in [-0.2, 0) is 4.79 Å². The Bertz CT molecular complexity index is 375. The van der Waals surface area contributed by atoms with E-state index in [0.29, 0.717) is 5.92 Å². The quantitative estimate of drug-likeness (QED) is 0.880. The first-order chi connectivity index (χ1) is 8.68. The molecule has 18 heavy (non-hydrogen) atoms. The number of amides is 1. The number of nitrogens with one attached hydrogen (secondary N) is 2. The topological polar surface area (TPSA) is 41.1 Å². The van der Waals surface area contributed by atoms with Gasteiger partial charge < -0.3 is 5.32 Å². The molecule has 1 saturated heterocycles. The summed E-state index contributed by atoms with van der Waals surface area (Å²) in [6, 6.07) is 4.46. The van der Waals surface area contributed by atoms with E-state index in [0.717, 1.165) is 25.8 Å². The van der Waals surface area contributed by atoms with Gasteiger partial charge in [0.25, 0.3) is 0 Å². The van der Waals surface area contributed by atoms with Gasteiger partial charge in [-0.25, -0.2) is 0 Å². The van der Waals surface area contributed by atoms with Crippen LogP contribution in [0.3, 0.4) is 0 Å². The monoisotopic (exact) mass is 266 g/mol. The number of rotatable bonds is 4. The van der Waals surface area contributed by atoms with Crippen molar-refractivity contribution >= 4 is 17.2 Å². The zero-order valence-electron chi connectivity index (χ0n) is 11.1. The fourth-order valence-corrected chi connectivity index (χ4v) is 3.34. The maximum absolute atomic E-state index is 12.0. The normalized spacial score (nSPS) is 22.6. The summed E-state index contributed by atoms with van der Waals surface area (Å²) < 4.78 is 0. The van der Waals surface area contributed by atoms with Gasteiger partial charge in [-0.05, 0) is 36.6 Å². The van der Waals surface area contributed by atoms with Gasteiger partial charge >= 0.3 is 0 Å². The summed E-state index contributed by atoms with van der Waals surface area (Å²) in [6.07, 6.45) is 3.15. The first-order valence-corrected chi connectivity index (χ1v) is 7.63. The van der Waals surface area contributed by atoms with Gasteiger partial charge in [-0.15, -0.1) is 11.3 Å². The molecule has 0 bridgehead atoms. The second-order valence-corrected chi connectivity index (χ2v) is 6.22. The van der Waals surface area contributed by atoms with Gasteiger partial charge in [0.05, 0.1) is 6.04 Å². The van der Waals surface area contributed by atoms with E-state index in [1.165, 1.54) is 4.88 Å². The van der Waals surface area contributed by atoms with Crippen molar-refractivity contribution < 1.29 is 4.79 Å². The maximum Gasteiger partial charge on any atom is 0.237 e. The molecule has 2 heterocycles. The third-order valence-corrected chi connectivity index (χ3v) is 4.39. The predicted octanol–water partition coefficient (Wildman–Crippen LogP) is 2.70. The molecule has 0 spiro atoms. The summed E-state index contributed by atoms with van der Waals surface area (Å²) >= 11 is 1.76. The van der Waals surface area contributed by atoms with E-state index in [1.54, 1.807) is 11.3 Å². The molecule has 2 rings (SSSR count). The van der Waals surface area contributed by atoms with Gasteiger partial charge in [0.15, 0.2) is 0 Å². The van der Waals surface area contributed by atoms with Crippen molar-refractivity contribution in [1.29, 1.82) is 0 Å². The van der Waals surface area contributed by atoms with Crippen LogP contribution >= 0.6 is 11.3 Å². The highest BCUT2D eigenvalue weighted by atomic mass is 32.1. The molecule has 0 aliphatic carbocycles. The first kappa shape index (κ1) is 13.6. The molecule has 1 aromatic rings. The fourth-order valence-electron chi connectivity index (χ4n) is 2.39. The van der Waals surface area contributed by atoms with Gasteiger partial charge in [0, 0.05) is 17.5 Å². The summed E-state index contributed by atoms with van der Waals surface area (Å²) in [7, 11) is 0. The van der Waals surface area contributed by atoms with E-state index >= 15 is 0 Å². The van der Waals surface area contributed by atoms with Gasteiger partial charge in [0.1, 0.15) is 0 Å². The minimum atomic E-state index is -0.0398. The van der Waals surface area contributed by atoms with E-state index in [9.17, 15) is 4.79 Å². The molecule has 1 amide bonds. The summed E-state index contributed by atoms with van der Waals surface area (Å²) in [5.74, 6) is 0.648. The fraction of sp³-hybridized carbons (Fsp3) is 0.643. The molecular weight excluding hydrogens is 244 g/mol. The zero-order chi connectivity index (χ0) is 13.0. The third kappa shape index (κ3) is 3.33. The Morgan fingerprint density at radius 1 is 1.44 bits per heavy atom. The smallest absolute Gasteiger partial charge is 0.237 e. The molecule has 0 aromatic carbocycles. The molecule has 1 aromatic heterocycles. The lowest BCUT2D eigenvalue weighted by Gasteiger charge is -2.26. The predicted molar refractivity (Wildman–Crippen MR) is 75.7 cm³/mol. The lowest BCUT2D eigenvalue weighted by Crippen LogP contribution is -2.45. The Balaban J connectivity index is 2.06. The standard InChI is InChI=1S/C14H22N2OS/c1-10(2)13(12-7-5-9-18-12)16-11-6-3-4-8-15-14(11)17/h5,7,9-11,13,16H,3-4,6,8H2,1-2H3,(H,15,17). The number of thiophene rings is 1. The number of carbonyl (C=O) groups excluding carboxylic acids is 1. The molecule has 100 valence electrons. The number of hydrogen-bond acceptors (Lipinski definition) is 3. The molecule has 2 N–H and O–H groups in total. The summed E-state index contributed by atoms with van der Waals surface area (Å²) in [6.45, 7) is 5.22. The minimum absolute atomic E-state index is 0.0398. The molecule has 0 saturated carbocycles. The Hall–Kier alpha value is -0.870. The Labute approximate surface area is 113 Å². The van der Waals surface area contributed by atoms with Gasteiger partial charge in [0.2, 0.25) is 5.91 Å². The highest BCUT2D eigenvalue weighted by Crippen LogP contribution is 2.27. The number of hydrogen-bond donors (Lipinski definition) is 2. The van der Waals surface area contributed by atoms with E-state index in [4.69, 9.17) is 0 Å². The number of carbonyl (C=O) groups is 1. The molecule has 0 radical (unpaired) electrons. The van der Waals surface area contributed by atoms with Crippen LogP contribution in [0, 0.1) is 5.92 Å². The average molecular weight is 266 g/mol. The SMILES string of the molecule is CC(C)C(NC1CCCCNC1=O)c1cccs1. The molecule has 3 nitrogen and oxygen atoms in total. The molecule has 4 heteroatoms. The van der Waals surface area contributed by atoms with Crippen LogP contribution in [0.5, 0.6) is 0 Å². The largest absolute Gasteiger partial charge is 0.355 e. The molecule has 2 unspecified atom stereocenters. The third-order valence-electron chi connectivity index (χ3n) is 3.43. The summed E-state index contributed by atoms with van der Waals surface area (Å²) in [5.41, 5.74) is 0. The van der Waals surface area contributed by atoms with Crippen LogP contribution in [0.1, 0.15) is 44.0 Å². The van der Waals surface area contributed by atoms with Crippen LogP contribution < -0.4 is 10.6 Å². The van der Waals surface area contributed by atoms with E-state index in [2.05, 4.69) is 42.0 Å².